The van der Waals surface area contributed by atoms with E-state index in [0.29, 0.717) is 13.1 Å². The fourth-order valence-electron chi connectivity index (χ4n) is 3.12. The summed E-state index contributed by atoms with van der Waals surface area (Å²) in [6.07, 6.45) is 0. The summed E-state index contributed by atoms with van der Waals surface area (Å²) in [6.45, 7) is 6.73. The molecule has 2 heterocycles. The van der Waals surface area contributed by atoms with E-state index in [4.69, 9.17) is 0 Å². The standard InChI is InChI=1S/C16H21N3O2/c1-11-5-3-4-6-13(11)9-18-7-8-19-14(10-18)15(20)17-12(2)16(19)21/h3-6,12,14H,7-10H2,1-2H3,(H,17,20)/t12-,14+/m0/s1. The maximum absolute atomic E-state index is 12.1. The molecule has 5 nitrogen and oxygen atoms in total. The highest BCUT2D eigenvalue weighted by Crippen LogP contribution is 2.19. The first-order valence-electron chi connectivity index (χ1n) is 7.44. The molecule has 2 saturated heterocycles. The molecule has 0 saturated carbocycles. The minimum atomic E-state index is -0.392. The van der Waals surface area contributed by atoms with Crippen molar-refractivity contribution in [1.29, 1.82) is 0 Å². The highest BCUT2D eigenvalue weighted by Gasteiger charge is 2.41. The normalized spacial score (nSPS) is 26.5. The molecule has 1 aromatic carbocycles. The summed E-state index contributed by atoms with van der Waals surface area (Å²) in [5.74, 6) is 0.00623. The van der Waals surface area contributed by atoms with Crippen LogP contribution in [0, 0.1) is 6.92 Å². The van der Waals surface area contributed by atoms with Gasteiger partial charge in [-0.2, -0.15) is 0 Å². The van der Waals surface area contributed by atoms with Gasteiger partial charge in [0, 0.05) is 26.2 Å². The number of fused-ring (bicyclic) bond motifs is 1. The molecule has 2 amide bonds. The van der Waals surface area contributed by atoms with Crippen LogP contribution in [0.5, 0.6) is 0 Å². The maximum Gasteiger partial charge on any atom is 0.245 e. The van der Waals surface area contributed by atoms with Gasteiger partial charge in [-0.25, -0.2) is 0 Å². The number of benzene rings is 1. The predicted octanol–water partition coefficient (Wildman–Crippen LogP) is 0.526. The molecule has 5 heteroatoms. The third-order valence-corrected chi connectivity index (χ3v) is 4.43. The van der Waals surface area contributed by atoms with E-state index in [1.54, 1.807) is 11.8 Å². The number of hydrogen-bond acceptors (Lipinski definition) is 3. The second kappa shape index (κ2) is 5.48. The van der Waals surface area contributed by atoms with Crippen LogP contribution in [0.4, 0.5) is 0 Å². The van der Waals surface area contributed by atoms with Gasteiger partial charge in [0.05, 0.1) is 0 Å². The van der Waals surface area contributed by atoms with Gasteiger partial charge in [-0.1, -0.05) is 24.3 Å². The number of rotatable bonds is 2. The smallest absolute Gasteiger partial charge is 0.245 e. The second-order valence-corrected chi connectivity index (χ2v) is 5.94. The Kier molecular flexibility index (Phi) is 3.68. The Balaban J connectivity index is 1.71. The molecule has 21 heavy (non-hydrogen) atoms. The molecule has 2 aliphatic rings. The average Bonchev–Trinajstić information content (AvgIpc) is 2.47. The Labute approximate surface area is 124 Å². The molecule has 0 aliphatic carbocycles. The molecule has 3 rings (SSSR count). The zero-order chi connectivity index (χ0) is 15.0. The molecule has 1 N–H and O–H groups in total. The molecule has 2 aliphatic heterocycles. The number of carbonyl (C=O) groups is 2. The van der Waals surface area contributed by atoms with Crippen LogP contribution in [0.3, 0.4) is 0 Å². The number of hydrogen-bond donors (Lipinski definition) is 1. The van der Waals surface area contributed by atoms with Gasteiger partial charge in [0.1, 0.15) is 12.1 Å². The molecule has 0 aromatic heterocycles. The van der Waals surface area contributed by atoms with Crippen LogP contribution in [0.15, 0.2) is 24.3 Å². The highest BCUT2D eigenvalue weighted by atomic mass is 16.2. The molecule has 1 aromatic rings. The molecule has 0 spiro atoms. The van der Waals surface area contributed by atoms with Crippen molar-refractivity contribution in [3.63, 3.8) is 0 Å². The molecule has 0 unspecified atom stereocenters. The van der Waals surface area contributed by atoms with Crippen LogP contribution >= 0.6 is 0 Å². The lowest BCUT2D eigenvalue weighted by Gasteiger charge is -2.44. The number of aryl methyl sites for hydroxylation is 1. The first-order chi connectivity index (χ1) is 10.1. The van der Waals surface area contributed by atoms with Crippen LogP contribution in [0.2, 0.25) is 0 Å². The summed E-state index contributed by atoms with van der Waals surface area (Å²) in [6, 6.07) is 7.56. The van der Waals surface area contributed by atoms with Crippen LogP contribution in [-0.2, 0) is 16.1 Å². The third-order valence-electron chi connectivity index (χ3n) is 4.43. The van der Waals surface area contributed by atoms with Gasteiger partial charge in [0.25, 0.3) is 0 Å². The zero-order valence-electron chi connectivity index (χ0n) is 12.5. The predicted molar refractivity (Wildman–Crippen MR) is 79.6 cm³/mol. The van der Waals surface area contributed by atoms with Crippen LogP contribution in [-0.4, -0.2) is 53.3 Å². The zero-order valence-corrected chi connectivity index (χ0v) is 12.5. The van der Waals surface area contributed by atoms with E-state index in [0.717, 1.165) is 13.1 Å². The third kappa shape index (κ3) is 2.65. The lowest BCUT2D eigenvalue weighted by atomic mass is 10.0. The van der Waals surface area contributed by atoms with E-state index in [-0.39, 0.29) is 17.9 Å². The van der Waals surface area contributed by atoms with Crippen molar-refractivity contribution >= 4 is 11.8 Å². The summed E-state index contributed by atoms with van der Waals surface area (Å²) < 4.78 is 0. The molecule has 0 bridgehead atoms. The van der Waals surface area contributed by atoms with Crippen molar-refractivity contribution < 1.29 is 9.59 Å². The summed E-state index contributed by atoms with van der Waals surface area (Å²) >= 11 is 0. The van der Waals surface area contributed by atoms with Gasteiger partial charge in [-0.3, -0.25) is 14.5 Å². The van der Waals surface area contributed by atoms with E-state index in [1.165, 1.54) is 11.1 Å². The Morgan fingerprint density at radius 3 is 2.76 bits per heavy atom. The summed E-state index contributed by atoms with van der Waals surface area (Å²) in [7, 11) is 0. The van der Waals surface area contributed by atoms with Gasteiger partial charge in [0.2, 0.25) is 11.8 Å². The topological polar surface area (TPSA) is 52.6 Å². The van der Waals surface area contributed by atoms with E-state index < -0.39 is 6.04 Å². The Hall–Kier alpha value is -1.88. The van der Waals surface area contributed by atoms with Crippen molar-refractivity contribution in [1.82, 2.24) is 15.1 Å². The Bertz CT molecular complexity index is 572. The number of nitrogens with zero attached hydrogens (tertiary/aromatic N) is 2. The lowest BCUT2D eigenvalue weighted by molar-refractivity contribution is -0.152. The number of nitrogens with one attached hydrogen (secondary N) is 1. The van der Waals surface area contributed by atoms with Gasteiger partial charge >= 0.3 is 0 Å². The van der Waals surface area contributed by atoms with Gasteiger partial charge < -0.3 is 10.2 Å². The molecule has 112 valence electrons. The summed E-state index contributed by atoms with van der Waals surface area (Å²) in [4.78, 5) is 28.2. The number of carbonyl (C=O) groups excluding carboxylic acids is 2. The fraction of sp³-hybridized carbons (Fsp3) is 0.500. The van der Waals surface area contributed by atoms with Crippen LogP contribution < -0.4 is 5.32 Å². The SMILES string of the molecule is Cc1ccccc1CN1CCN2C(=O)[C@H](C)NC(=O)[C@H]2C1. The van der Waals surface area contributed by atoms with Crippen molar-refractivity contribution in [2.75, 3.05) is 19.6 Å². The van der Waals surface area contributed by atoms with E-state index in [1.807, 2.05) is 12.1 Å². The van der Waals surface area contributed by atoms with Crippen molar-refractivity contribution in [2.24, 2.45) is 0 Å². The quantitative estimate of drug-likeness (QED) is 0.863. The Morgan fingerprint density at radius 2 is 2.00 bits per heavy atom. The largest absolute Gasteiger partial charge is 0.343 e. The monoisotopic (exact) mass is 287 g/mol. The number of amides is 2. The van der Waals surface area contributed by atoms with Gasteiger partial charge in [0.15, 0.2) is 0 Å². The van der Waals surface area contributed by atoms with Crippen molar-refractivity contribution in [2.45, 2.75) is 32.5 Å². The molecular weight excluding hydrogens is 266 g/mol. The minimum absolute atomic E-state index is 0.0309. The lowest BCUT2D eigenvalue weighted by Crippen LogP contribution is -2.68. The second-order valence-electron chi connectivity index (χ2n) is 5.94. The maximum atomic E-state index is 12.1. The Morgan fingerprint density at radius 1 is 1.24 bits per heavy atom. The molecule has 2 atom stereocenters. The van der Waals surface area contributed by atoms with E-state index in [9.17, 15) is 9.59 Å². The molecule has 0 radical (unpaired) electrons. The van der Waals surface area contributed by atoms with E-state index in [2.05, 4.69) is 29.3 Å². The van der Waals surface area contributed by atoms with E-state index >= 15 is 0 Å². The van der Waals surface area contributed by atoms with Gasteiger partial charge in [-0.05, 0) is 25.0 Å². The highest BCUT2D eigenvalue weighted by molar-refractivity contribution is 5.97. The van der Waals surface area contributed by atoms with Crippen molar-refractivity contribution in [3.8, 4) is 0 Å². The first kappa shape index (κ1) is 14.1. The summed E-state index contributed by atoms with van der Waals surface area (Å²) in [5, 5.41) is 2.77. The fourth-order valence-corrected chi connectivity index (χ4v) is 3.12. The van der Waals surface area contributed by atoms with Gasteiger partial charge in [-0.15, -0.1) is 0 Å². The van der Waals surface area contributed by atoms with Crippen LogP contribution in [0.1, 0.15) is 18.1 Å². The minimum Gasteiger partial charge on any atom is -0.343 e. The molecular formula is C16H21N3O2. The molecule has 2 fully saturated rings. The van der Waals surface area contributed by atoms with Crippen LogP contribution in [0.25, 0.3) is 0 Å². The average molecular weight is 287 g/mol. The first-order valence-corrected chi connectivity index (χ1v) is 7.44. The summed E-state index contributed by atoms with van der Waals surface area (Å²) in [5.41, 5.74) is 2.54. The number of piperazine rings is 2. The van der Waals surface area contributed by atoms with Crippen molar-refractivity contribution in [3.05, 3.63) is 35.4 Å².